The van der Waals surface area contributed by atoms with Gasteiger partial charge in [0.1, 0.15) is 0 Å². The first-order valence-electron chi connectivity index (χ1n) is 2.11. The summed E-state index contributed by atoms with van der Waals surface area (Å²) in [4.78, 5) is 0. The topological polar surface area (TPSA) is 44.2 Å². The van der Waals surface area contributed by atoms with Crippen LogP contribution in [0.3, 0.4) is 0 Å². The van der Waals surface area contributed by atoms with Crippen molar-refractivity contribution in [2.75, 3.05) is 7.11 Å². The molecule has 7 heavy (non-hydrogen) atoms. The lowest BCUT2D eigenvalue weighted by molar-refractivity contribution is 0.0397. The molecule has 0 spiro atoms. The highest BCUT2D eigenvalue weighted by Gasteiger charge is 2.03. The van der Waals surface area contributed by atoms with Gasteiger partial charge >= 0.3 is 0 Å². The molecule has 0 bridgehead atoms. The van der Waals surface area contributed by atoms with Crippen LogP contribution in [0.4, 0.5) is 0 Å². The van der Waals surface area contributed by atoms with E-state index in [1.165, 1.54) is 0 Å². The first kappa shape index (κ1) is 10.0. The van der Waals surface area contributed by atoms with Gasteiger partial charge in [-0.2, -0.15) is 0 Å². The zero-order chi connectivity index (χ0) is 5.21. The quantitative estimate of drug-likeness (QED) is 0.513. The fraction of sp³-hybridized carbons (Fsp3) is 1.00. The molecule has 0 aromatic heterocycles. The van der Waals surface area contributed by atoms with Crippen LogP contribution in [-0.4, -0.2) is 12.7 Å². The SMILES string of the molecule is COC(C)(C)C.N.[HH]. The third kappa shape index (κ3) is 10.7. The highest BCUT2D eigenvalue weighted by atomic mass is 16.5. The summed E-state index contributed by atoms with van der Waals surface area (Å²) >= 11 is 0. The van der Waals surface area contributed by atoms with Crippen LogP contribution in [0.25, 0.3) is 0 Å². The molecule has 0 aliphatic rings. The number of hydrogen-bond acceptors (Lipinski definition) is 2. The third-order valence-corrected chi connectivity index (χ3v) is 0.612. The molecule has 0 amide bonds. The van der Waals surface area contributed by atoms with E-state index in [4.69, 9.17) is 4.74 Å². The molecular formula is C5H17NO. The van der Waals surface area contributed by atoms with E-state index >= 15 is 0 Å². The first-order valence-corrected chi connectivity index (χ1v) is 2.11. The molecule has 0 heterocycles. The lowest BCUT2D eigenvalue weighted by atomic mass is 10.2. The van der Waals surface area contributed by atoms with Crippen LogP contribution in [-0.2, 0) is 4.74 Å². The van der Waals surface area contributed by atoms with Gasteiger partial charge in [0.15, 0.2) is 0 Å². The molecule has 0 saturated heterocycles. The average molecular weight is 107 g/mol. The lowest BCUT2D eigenvalue weighted by Crippen LogP contribution is -2.15. The van der Waals surface area contributed by atoms with Gasteiger partial charge in [-0.15, -0.1) is 0 Å². The van der Waals surface area contributed by atoms with Crippen LogP contribution in [0.15, 0.2) is 0 Å². The Balaban J connectivity index is -0.000000125. The van der Waals surface area contributed by atoms with Crippen molar-refractivity contribution in [3.8, 4) is 0 Å². The zero-order valence-electron chi connectivity index (χ0n) is 5.62. The summed E-state index contributed by atoms with van der Waals surface area (Å²) in [6.07, 6.45) is 0. The summed E-state index contributed by atoms with van der Waals surface area (Å²) in [6.45, 7) is 6.06. The molecular weight excluding hydrogens is 90.1 g/mol. The van der Waals surface area contributed by atoms with Gasteiger partial charge in [0.2, 0.25) is 0 Å². The van der Waals surface area contributed by atoms with E-state index in [0.29, 0.717) is 0 Å². The molecule has 0 aliphatic heterocycles. The van der Waals surface area contributed by atoms with Crippen LogP contribution < -0.4 is 6.15 Å². The van der Waals surface area contributed by atoms with Crippen LogP contribution >= 0.6 is 0 Å². The molecule has 0 aliphatic carbocycles. The summed E-state index contributed by atoms with van der Waals surface area (Å²) in [6, 6.07) is 0. The maximum absolute atomic E-state index is 4.94. The average Bonchev–Trinajstić information content (AvgIpc) is 1.35. The van der Waals surface area contributed by atoms with Gasteiger partial charge in [-0.1, -0.05) is 0 Å². The van der Waals surface area contributed by atoms with Gasteiger partial charge in [0.25, 0.3) is 0 Å². The van der Waals surface area contributed by atoms with E-state index in [9.17, 15) is 0 Å². The fourth-order valence-electron chi connectivity index (χ4n) is 0. The minimum Gasteiger partial charge on any atom is -0.379 e. The lowest BCUT2D eigenvalue weighted by Gasteiger charge is -2.14. The second-order valence-corrected chi connectivity index (χ2v) is 2.32. The van der Waals surface area contributed by atoms with Crippen molar-refractivity contribution in [2.24, 2.45) is 0 Å². The highest BCUT2D eigenvalue weighted by Crippen LogP contribution is 2.02. The van der Waals surface area contributed by atoms with Crippen molar-refractivity contribution in [1.29, 1.82) is 0 Å². The van der Waals surface area contributed by atoms with E-state index in [2.05, 4.69) is 0 Å². The summed E-state index contributed by atoms with van der Waals surface area (Å²) in [5.74, 6) is 0. The molecule has 0 radical (unpaired) electrons. The van der Waals surface area contributed by atoms with Gasteiger partial charge in [0.05, 0.1) is 5.60 Å². The van der Waals surface area contributed by atoms with Crippen molar-refractivity contribution < 1.29 is 6.16 Å². The fourth-order valence-corrected chi connectivity index (χ4v) is 0. The summed E-state index contributed by atoms with van der Waals surface area (Å²) in [7, 11) is 1.71. The molecule has 2 heteroatoms. The van der Waals surface area contributed by atoms with Crippen molar-refractivity contribution in [1.82, 2.24) is 6.15 Å². The minimum absolute atomic E-state index is 0. The monoisotopic (exact) mass is 107 g/mol. The van der Waals surface area contributed by atoms with Gasteiger partial charge in [-0.25, -0.2) is 0 Å². The molecule has 0 atom stereocenters. The van der Waals surface area contributed by atoms with Crippen molar-refractivity contribution >= 4 is 0 Å². The molecule has 0 rings (SSSR count). The normalized spacial score (nSPS) is 10.3. The van der Waals surface area contributed by atoms with Gasteiger partial charge in [-0.05, 0) is 20.8 Å². The summed E-state index contributed by atoms with van der Waals surface area (Å²) in [5.41, 5.74) is 0.0417. The van der Waals surface area contributed by atoms with Crippen molar-refractivity contribution in [2.45, 2.75) is 26.4 Å². The highest BCUT2D eigenvalue weighted by molar-refractivity contribution is 4.55. The molecule has 0 saturated carbocycles. The Morgan fingerprint density at radius 3 is 1.43 bits per heavy atom. The molecule has 48 valence electrons. The minimum atomic E-state index is 0. The molecule has 0 aromatic rings. The smallest absolute Gasteiger partial charge is 0.0594 e. The van der Waals surface area contributed by atoms with Crippen LogP contribution in [0.2, 0.25) is 0 Å². The molecule has 0 aromatic carbocycles. The maximum Gasteiger partial charge on any atom is 0.0594 e. The van der Waals surface area contributed by atoms with Crippen LogP contribution in [0.1, 0.15) is 22.2 Å². The standard InChI is InChI=1S/C5H12O.H3N.H2/c1-5(2,3)6-4;;/h1-4H3;1H3;1H. The Bertz CT molecular complexity index is 42.2. The van der Waals surface area contributed by atoms with Crippen LogP contribution in [0.5, 0.6) is 0 Å². The Labute approximate surface area is 46.9 Å². The molecule has 0 fully saturated rings. The maximum atomic E-state index is 4.94. The first-order chi connectivity index (χ1) is 2.56. The predicted molar refractivity (Wildman–Crippen MR) is 33.9 cm³/mol. The van der Waals surface area contributed by atoms with E-state index in [1.54, 1.807) is 7.11 Å². The third-order valence-electron chi connectivity index (χ3n) is 0.612. The Hall–Kier alpha value is -0.0800. The number of rotatable bonds is 0. The Morgan fingerprint density at radius 2 is 1.43 bits per heavy atom. The van der Waals surface area contributed by atoms with Gasteiger partial charge in [-0.3, -0.25) is 0 Å². The Morgan fingerprint density at radius 1 is 1.29 bits per heavy atom. The second kappa shape index (κ2) is 2.99. The van der Waals surface area contributed by atoms with E-state index < -0.39 is 0 Å². The van der Waals surface area contributed by atoms with Crippen molar-refractivity contribution in [3.63, 3.8) is 0 Å². The number of ether oxygens (including phenoxy) is 1. The van der Waals surface area contributed by atoms with E-state index in [-0.39, 0.29) is 13.2 Å². The number of methoxy groups -OCH3 is 1. The molecule has 0 unspecified atom stereocenters. The van der Waals surface area contributed by atoms with Crippen molar-refractivity contribution in [3.05, 3.63) is 0 Å². The predicted octanol–water partition coefficient (Wildman–Crippen LogP) is 1.84. The zero-order valence-corrected chi connectivity index (χ0v) is 5.62. The Kier molecular flexibility index (Phi) is 4.28. The van der Waals surface area contributed by atoms with Crippen LogP contribution in [0, 0.1) is 0 Å². The van der Waals surface area contributed by atoms with Gasteiger partial charge < -0.3 is 10.9 Å². The number of hydrogen-bond donors (Lipinski definition) is 1. The summed E-state index contributed by atoms with van der Waals surface area (Å²) in [5, 5.41) is 0. The largest absolute Gasteiger partial charge is 0.379 e. The van der Waals surface area contributed by atoms with E-state index in [0.717, 1.165) is 0 Å². The summed E-state index contributed by atoms with van der Waals surface area (Å²) < 4.78 is 4.94. The van der Waals surface area contributed by atoms with E-state index in [1.807, 2.05) is 20.8 Å². The van der Waals surface area contributed by atoms with Gasteiger partial charge in [0, 0.05) is 8.54 Å². The second-order valence-electron chi connectivity index (χ2n) is 2.32. The molecule has 2 nitrogen and oxygen atoms in total. The molecule has 3 N–H and O–H groups in total.